The van der Waals surface area contributed by atoms with Crippen LogP contribution in [0.1, 0.15) is 11.1 Å². The van der Waals surface area contributed by atoms with Crippen molar-refractivity contribution in [3.63, 3.8) is 0 Å². The van der Waals surface area contributed by atoms with E-state index in [2.05, 4.69) is 15.9 Å². The minimum Gasteiger partial charge on any atom is -0.545 e. The van der Waals surface area contributed by atoms with Crippen molar-refractivity contribution in [3.8, 4) is 11.5 Å². The van der Waals surface area contributed by atoms with Crippen LogP contribution >= 0.6 is 15.9 Å². The van der Waals surface area contributed by atoms with Gasteiger partial charge < -0.3 is 19.4 Å². The van der Waals surface area contributed by atoms with Crippen LogP contribution in [0.2, 0.25) is 0 Å². The normalized spacial score (nSPS) is 11.1. The van der Waals surface area contributed by atoms with Crippen molar-refractivity contribution in [1.29, 1.82) is 0 Å². The summed E-state index contributed by atoms with van der Waals surface area (Å²) >= 11 is 3.34. The molecule has 0 saturated carbocycles. The van der Waals surface area contributed by atoms with Gasteiger partial charge in [0.1, 0.15) is 0 Å². The predicted molar refractivity (Wildman–Crippen MR) is 86.6 cm³/mol. The Kier molecular flexibility index (Phi) is 5.22. The highest BCUT2D eigenvalue weighted by Crippen LogP contribution is 2.31. The molecule has 0 atom stereocenters. The van der Waals surface area contributed by atoms with Crippen LogP contribution in [0.4, 0.5) is 0 Å². The van der Waals surface area contributed by atoms with Gasteiger partial charge in [-0.15, -0.1) is 0 Å². The van der Waals surface area contributed by atoms with E-state index in [-0.39, 0.29) is 5.57 Å². The number of rotatable bonds is 5. The molecule has 0 aliphatic carbocycles. The van der Waals surface area contributed by atoms with Crippen LogP contribution in [0.15, 0.2) is 46.9 Å². The first-order valence-electron chi connectivity index (χ1n) is 6.46. The smallest absolute Gasteiger partial charge is 0.161 e. The lowest BCUT2D eigenvalue weighted by Gasteiger charge is -2.13. The maximum Gasteiger partial charge on any atom is 0.161 e. The summed E-state index contributed by atoms with van der Waals surface area (Å²) in [5.74, 6) is -0.259. The molecular weight excluding hydrogens is 348 g/mol. The second-order valence-electron chi connectivity index (χ2n) is 4.47. The third-order valence-electron chi connectivity index (χ3n) is 3.10. The van der Waals surface area contributed by atoms with E-state index in [0.29, 0.717) is 17.1 Å². The zero-order chi connectivity index (χ0) is 16.1. The van der Waals surface area contributed by atoms with Crippen molar-refractivity contribution in [2.24, 2.45) is 0 Å². The number of halogens is 1. The molecule has 0 bridgehead atoms. The molecule has 0 heterocycles. The molecule has 0 unspecified atom stereocenters. The monoisotopic (exact) mass is 361 g/mol. The highest BCUT2D eigenvalue weighted by Gasteiger charge is 2.09. The number of carbonyl (C=O) groups excluding carboxylic acids is 1. The summed E-state index contributed by atoms with van der Waals surface area (Å²) < 4.78 is 11.3. The second kappa shape index (κ2) is 7.13. The van der Waals surface area contributed by atoms with Gasteiger partial charge in [0.25, 0.3) is 0 Å². The van der Waals surface area contributed by atoms with Gasteiger partial charge >= 0.3 is 0 Å². The van der Waals surface area contributed by atoms with Crippen molar-refractivity contribution in [2.75, 3.05) is 14.2 Å². The lowest BCUT2D eigenvalue weighted by atomic mass is 10.0. The van der Waals surface area contributed by atoms with Crippen LogP contribution < -0.4 is 14.6 Å². The number of ether oxygens (including phenoxy) is 2. The fourth-order valence-corrected chi connectivity index (χ4v) is 2.25. The summed E-state index contributed by atoms with van der Waals surface area (Å²) in [5, 5.41) is 11.5. The minimum absolute atomic E-state index is 0.0725. The van der Waals surface area contributed by atoms with Gasteiger partial charge in [-0.25, -0.2) is 0 Å². The number of carboxylic acids is 1. The summed E-state index contributed by atoms with van der Waals surface area (Å²) in [6.45, 7) is 0. The average Bonchev–Trinajstić information content (AvgIpc) is 2.53. The van der Waals surface area contributed by atoms with E-state index in [1.54, 1.807) is 24.3 Å². The molecule has 0 radical (unpaired) electrons. The van der Waals surface area contributed by atoms with E-state index in [1.807, 2.05) is 24.3 Å². The average molecular weight is 362 g/mol. The Morgan fingerprint density at radius 1 is 1.05 bits per heavy atom. The Balaban J connectivity index is 2.48. The van der Waals surface area contributed by atoms with Gasteiger partial charge in [-0.1, -0.05) is 34.1 Å². The molecule has 114 valence electrons. The predicted octanol–water partition coefficient (Wildman–Crippen LogP) is 2.76. The number of aliphatic carboxylic acids is 1. The van der Waals surface area contributed by atoms with E-state index in [4.69, 9.17) is 9.47 Å². The maximum absolute atomic E-state index is 11.5. The molecule has 22 heavy (non-hydrogen) atoms. The number of hydrogen-bond acceptors (Lipinski definition) is 4. The Morgan fingerprint density at radius 3 is 2.23 bits per heavy atom. The molecule has 0 N–H and O–H groups in total. The lowest BCUT2D eigenvalue weighted by Crippen LogP contribution is -2.23. The van der Waals surface area contributed by atoms with Gasteiger partial charge in [0.05, 0.1) is 20.2 Å². The standard InChI is InChI=1S/C17H15BrO4/c1-21-15-8-5-12(10-16(15)22-2)14(17(19)20)9-11-3-6-13(18)7-4-11/h3-10H,1-2H3,(H,19,20)/p-1/b14-9-. The van der Waals surface area contributed by atoms with E-state index in [9.17, 15) is 9.90 Å². The molecule has 4 nitrogen and oxygen atoms in total. The first-order chi connectivity index (χ1) is 10.5. The Morgan fingerprint density at radius 2 is 1.68 bits per heavy atom. The number of hydrogen-bond donors (Lipinski definition) is 0. The number of carbonyl (C=O) groups is 1. The molecule has 2 aromatic rings. The van der Waals surface area contributed by atoms with Crippen LogP contribution in [0, 0.1) is 0 Å². The molecule has 0 aliphatic heterocycles. The van der Waals surface area contributed by atoms with Crippen LogP contribution in [0.3, 0.4) is 0 Å². The van der Waals surface area contributed by atoms with Gasteiger partial charge in [0.15, 0.2) is 11.5 Å². The largest absolute Gasteiger partial charge is 0.545 e. The van der Waals surface area contributed by atoms with E-state index < -0.39 is 5.97 Å². The van der Waals surface area contributed by atoms with Crippen LogP contribution in [0.25, 0.3) is 11.6 Å². The third-order valence-corrected chi connectivity index (χ3v) is 3.62. The SMILES string of the molecule is COc1ccc(/C(=C/c2ccc(Br)cc2)C(=O)[O-])cc1OC. The number of methoxy groups -OCH3 is 2. The molecule has 0 spiro atoms. The molecule has 2 aromatic carbocycles. The molecule has 0 fully saturated rings. The molecule has 0 aromatic heterocycles. The zero-order valence-corrected chi connectivity index (χ0v) is 13.7. The Hall–Kier alpha value is -2.27. The van der Waals surface area contributed by atoms with Crippen molar-refractivity contribution in [1.82, 2.24) is 0 Å². The molecular formula is C17H14BrO4-. The topological polar surface area (TPSA) is 58.6 Å². The Bertz CT molecular complexity index is 705. The highest BCUT2D eigenvalue weighted by molar-refractivity contribution is 9.10. The van der Waals surface area contributed by atoms with Gasteiger partial charge in [-0.2, -0.15) is 0 Å². The van der Waals surface area contributed by atoms with Crippen molar-refractivity contribution in [3.05, 3.63) is 58.1 Å². The summed E-state index contributed by atoms with van der Waals surface area (Å²) in [7, 11) is 3.02. The first-order valence-corrected chi connectivity index (χ1v) is 7.25. The molecule has 0 saturated heterocycles. The first kappa shape index (κ1) is 16.1. The molecule has 2 rings (SSSR count). The van der Waals surface area contributed by atoms with Gasteiger partial charge in [0.2, 0.25) is 0 Å². The molecule has 5 heteroatoms. The number of benzene rings is 2. The molecule has 0 aliphatic rings. The van der Waals surface area contributed by atoms with Crippen LogP contribution in [0.5, 0.6) is 11.5 Å². The minimum atomic E-state index is -1.25. The van der Waals surface area contributed by atoms with Crippen molar-refractivity contribution >= 4 is 33.5 Å². The number of carboxylic acid groups (broad SMARTS) is 1. The fourth-order valence-electron chi connectivity index (χ4n) is 1.99. The van der Waals surface area contributed by atoms with E-state index in [1.165, 1.54) is 14.2 Å². The summed E-state index contributed by atoms with van der Waals surface area (Å²) in [6.07, 6.45) is 1.56. The summed E-state index contributed by atoms with van der Waals surface area (Å²) in [6, 6.07) is 12.2. The molecule has 0 amide bonds. The van der Waals surface area contributed by atoms with Crippen molar-refractivity contribution in [2.45, 2.75) is 0 Å². The summed E-state index contributed by atoms with van der Waals surface area (Å²) in [5.41, 5.74) is 1.32. The fraction of sp³-hybridized carbons (Fsp3) is 0.118. The second-order valence-corrected chi connectivity index (χ2v) is 5.38. The van der Waals surface area contributed by atoms with E-state index in [0.717, 1.165) is 10.0 Å². The zero-order valence-electron chi connectivity index (χ0n) is 12.1. The Labute approximate surface area is 137 Å². The van der Waals surface area contributed by atoms with Crippen LogP contribution in [-0.2, 0) is 4.79 Å². The van der Waals surface area contributed by atoms with Crippen molar-refractivity contribution < 1.29 is 19.4 Å². The summed E-state index contributed by atoms with van der Waals surface area (Å²) in [4.78, 5) is 11.5. The van der Waals surface area contributed by atoms with Gasteiger partial charge in [-0.3, -0.25) is 0 Å². The maximum atomic E-state index is 11.5. The van der Waals surface area contributed by atoms with Gasteiger partial charge in [-0.05, 0) is 41.5 Å². The van der Waals surface area contributed by atoms with E-state index >= 15 is 0 Å². The highest BCUT2D eigenvalue weighted by atomic mass is 79.9. The van der Waals surface area contributed by atoms with Gasteiger partial charge in [0, 0.05) is 10.0 Å². The third kappa shape index (κ3) is 3.68. The lowest BCUT2D eigenvalue weighted by molar-refractivity contribution is -0.295. The quantitative estimate of drug-likeness (QED) is 0.606. The van der Waals surface area contributed by atoms with Crippen LogP contribution in [-0.4, -0.2) is 20.2 Å².